The summed E-state index contributed by atoms with van der Waals surface area (Å²) >= 11 is 5.43. The lowest BCUT2D eigenvalue weighted by Crippen LogP contribution is -2.10. The minimum atomic E-state index is -2.92. The van der Waals surface area contributed by atoms with Crippen molar-refractivity contribution in [1.82, 2.24) is 4.98 Å². The van der Waals surface area contributed by atoms with Gasteiger partial charge in [-0.1, -0.05) is 0 Å². The Hall–Kier alpha value is -1.43. The van der Waals surface area contributed by atoms with Gasteiger partial charge in [-0.15, -0.1) is 11.6 Å². The molecule has 0 atom stereocenters. The molecule has 0 aliphatic rings. The maximum absolute atomic E-state index is 12.4. The fraction of sp³-hybridized carbons (Fsp3) is 0.250. The summed E-state index contributed by atoms with van der Waals surface area (Å²) in [6.45, 7) is 0. The van der Waals surface area contributed by atoms with E-state index in [4.69, 9.17) is 22.4 Å². The molecule has 0 unspecified atom stereocenters. The second-order valence-corrected chi connectivity index (χ2v) is 2.98. The lowest BCUT2D eigenvalue weighted by Gasteiger charge is -2.08. The van der Waals surface area contributed by atoms with E-state index in [0.29, 0.717) is 0 Å². The quantitative estimate of drug-likeness (QED) is 0.788. The first-order chi connectivity index (χ1) is 6.97. The zero-order valence-electron chi connectivity index (χ0n) is 7.38. The van der Waals surface area contributed by atoms with Crippen LogP contribution in [0.1, 0.15) is 28.0 Å². The number of aromatic nitrogens is 1. The van der Waals surface area contributed by atoms with Gasteiger partial charge in [0.2, 0.25) is 0 Å². The summed E-state index contributed by atoms with van der Waals surface area (Å²) in [6.07, 6.45) is -2.92. The van der Waals surface area contributed by atoms with Crippen LogP contribution in [-0.4, -0.2) is 16.1 Å². The van der Waals surface area contributed by atoms with Gasteiger partial charge >= 0.3 is 5.97 Å². The number of carboxylic acid groups (broad SMARTS) is 1. The van der Waals surface area contributed by atoms with Crippen LogP contribution in [0.25, 0.3) is 0 Å². The van der Waals surface area contributed by atoms with E-state index in [1.165, 1.54) is 0 Å². The first-order valence-electron chi connectivity index (χ1n) is 3.84. The highest BCUT2D eigenvalue weighted by atomic mass is 35.5. The summed E-state index contributed by atoms with van der Waals surface area (Å²) < 4.78 is 24.9. The number of hydrogen-bond acceptors (Lipinski definition) is 3. The summed E-state index contributed by atoms with van der Waals surface area (Å²) in [5, 5.41) is 8.62. The van der Waals surface area contributed by atoms with Gasteiger partial charge in [0.25, 0.3) is 6.43 Å². The van der Waals surface area contributed by atoms with Crippen LogP contribution < -0.4 is 5.73 Å². The van der Waals surface area contributed by atoms with Crippen LogP contribution in [0.3, 0.4) is 0 Å². The van der Waals surface area contributed by atoms with E-state index in [9.17, 15) is 13.6 Å². The van der Waals surface area contributed by atoms with Gasteiger partial charge in [-0.2, -0.15) is 0 Å². The molecule has 0 saturated carbocycles. The fourth-order valence-corrected chi connectivity index (χ4v) is 1.25. The molecular formula is C8H7ClF2N2O2. The summed E-state index contributed by atoms with van der Waals surface area (Å²) in [5.41, 5.74) is 4.11. The van der Waals surface area contributed by atoms with Gasteiger partial charge in [0.15, 0.2) is 5.69 Å². The highest BCUT2D eigenvalue weighted by Gasteiger charge is 2.21. The van der Waals surface area contributed by atoms with Crippen molar-refractivity contribution in [2.75, 3.05) is 5.73 Å². The molecule has 4 nitrogen and oxygen atoms in total. The third kappa shape index (κ3) is 2.33. The molecule has 0 fully saturated rings. The first kappa shape index (κ1) is 11.6. The van der Waals surface area contributed by atoms with Crippen molar-refractivity contribution in [1.29, 1.82) is 0 Å². The SMILES string of the molecule is Nc1nc(C(=O)O)c(C(F)F)cc1CCl. The molecule has 7 heteroatoms. The number of carboxylic acids is 1. The third-order valence-electron chi connectivity index (χ3n) is 1.75. The predicted octanol–water partition coefficient (Wildman–Crippen LogP) is 2.04. The predicted molar refractivity (Wildman–Crippen MR) is 50.1 cm³/mol. The Kier molecular flexibility index (Phi) is 3.41. The van der Waals surface area contributed by atoms with Crippen LogP contribution in [0.5, 0.6) is 0 Å². The first-order valence-corrected chi connectivity index (χ1v) is 4.37. The van der Waals surface area contributed by atoms with Crippen LogP contribution in [0.15, 0.2) is 6.07 Å². The number of nitrogen functional groups attached to an aromatic ring is 1. The van der Waals surface area contributed by atoms with Gasteiger partial charge in [0, 0.05) is 5.56 Å². The molecule has 0 bridgehead atoms. The van der Waals surface area contributed by atoms with Gasteiger partial charge in [-0.3, -0.25) is 0 Å². The van der Waals surface area contributed by atoms with Crippen LogP contribution in [0, 0.1) is 0 Å². The molecule has 0 aliphatic carbocycles. The van der Waals surface area contributed by atoms with E-state index in [1.807, 2.05) is 0 Å². The van der Waals surface area contributed by atoms with E-state index in [-0.39, 0.29) is 17.3 Å². The van der Waals surface area contributed by atoms with Crippen molar-refractivity contribution in [3.8, 4) is 0 Å². The average molecular weight is 237 g/mol. The molecule has 82 valence electrons. The van der Waals surface area contributed by atoms with Crippen LogP contribution in [-0.2, 0) is 5.88 Å². The molecule has 1 heterocycles. The van der Waals surface area contributed by atoms with E-state index in [0.717, 1.165) is 6.07 Å². The monoisotopic (exact) mass is 236 g/mol. The number of carbonyl (C=O) groups is 1. The number of nitrogens with zero attached hydrogens (tertiary/aromatic N) is 1. The number of pyridine rings is 1. The van der Waals surface area contributed by atoms with E-state index < -0.39 is 23.7 Å². The summed E-state index contributed by atoms with van der Waals surface area (Å²) in [7, 11) is 0. The Morgan fingerprint density at radius 3 is 2.67 bits per heavy atom. The van der Waals surface area contributed by atoms with Gasteiger partial charge < -0.3 is 10.8 Å². The van der Waals surface area contributed by atoms with Crippen molar-refractivity contribution < 1.29 is 18.7 Å². The molecule has 1 rings (SSSR count). The Morgan fingerprint density at radius 2 is 2.27 bits per heavy atom. The van der Waals surface area contributed by atoms with Crippen molar-refractivity contribution >= 4 is 23.4 Å². The van der Waals surface area contributed by atoms with Crippen LogP contribution in [0.2, 0.25) is 0 Å². The second kappa shape index (κ2) is 4.39. The van der Waals surface area contributed by atoms with Crippen LogP contribution in [0.4, 0.5) is 14.6 Å². The number of rotatable bonds is 3. The van der Waals surface area contributed by atoms with E-state index >= 15 is 0 Å². The standard InChI is InChI=1S/C8H7ClF2N2O2/c9-2-3-1-4(6(10)11)5(8(14)15)13-7(3)12/h1,6H,2H2,(H2,12,13)(H,14,15). The summed E-state index contributed by atoms with van der Waals surface area (Å²) in [4.78, 5) is 14.0. The Balaban J connectivity index is 3.38. The summed E-state index contributed by atoms with van der Waals surface area (Å²) in [6, 6.07) is 0.962. The van der Waals surface area contributed by atoms with E-state index in [1.54, 1.807) is 0 Å². The van der Waals surface area contributed by atoms with E-state index in [2.05, 4.69) is 4.98 Å². The molecule has 0 spiro atoms. The smallest absolute Gasteiger partial charge is 0.355 e. The molecule has 3 N–H and O–H groups in total. The normalized spacial score (nSPS) is 10.7. The zero-order chi connectivity index (χ0) is 11.6. The molecule has 0 radical (unpaired) electrons. The van der Waals surface area contributed by atoms with Crippen molar-refractivity contribution in [2.45, 2.75) is 12.3 Å². The molecule has 15 heavy (non-hydrogen) atoms. The Bertz CT molecular complexity index is 398. The zero-order valence-corrected chi connectivity index (χ0v) is 8.13. The van der Waals surface area contributed by atoms with Crippen molar-refractivity contribution in [2.24, 2.45) is 0 Å². The number of hydrogen-bond donors (Lipinski definition) is 2. The maximum atomic E-state index is 12.4. The number of halogens is 3. The minimum Gasteiger partial charge on any atom is -0.476 e. The molecule has 1 aromatic heterocycles. The van der Waals surface area contributed by atoms with Gasteiger partial charge in [-0.25, -0.2) is 18.6 Å². The topological polar surface area (TPSA) is 76.2 Å². The molecule has 0 saturated heterocycles. The fourth-order valence-electron chi connectivity index (χ4n) is 1.03. The number of anilines is 1. The second-order valence-electron chi connectivity index (χ2n) is 2.71. The maximum Gasteiger partial charge on any atom is 0.355 e. The lowest BCUT2D eigenvalue weighted by molar-refractivity contribution is 0.0677. The largest absolute Gasteiger partial charge is 0.476 e. The molecular weight excluding hydrogens is 230 g/mol. The van der Waals surface area contributed by atoms with Gasteiger partial charge in [0.05, 0.1) is 11.4 Å². The highest BCUT2D eigenvalue weighted by Crippen LogP contribution is 2.26. The summed E-state index contributed by atoms with van der Waals surface area (Å²) in [5.74, 6) is -1.79. The molecule has 1 aromatic rings. The van der Waals surface area contributed by atoms with Gasteiger partial charge in [-0.05, 0) is 6.07 Å². The number of nitrogens with two attached hydrogens (primary N) is 1. The molecule has 0 aliphatic heterocycles. The minimum absolute atomic E-state index is 0.0988. The van der Waals surface area contributed by atoms with Gasteiger partial charge in [0.1, 0.15) is 5.82 Å². The van der Waals surface area contributed by atoms with Crippen LogP contribution >= 0.6 is 11.6 Å². The third-order valence-corrected chi connectivity index (χ3v) is 2.03. The average Bonchev–Trinajstić information content (AvgIpc) is 2.16. The lowest BCUT2D eigenvalue weighted by atomic mass is 10.1. The number of alkyl halides is 3. The van der Waals surface area contributed by atoms with Crippen molar-refractivity contribution in [3.63, 3.8) is 0 Å². The molecule has 0 aromatic carbocycles. The van der Waals surface area contributed by atoms with Crippen molar-refractivity contribution in [3.05, 3.63) is 22.9 Å². The molecule has 0 amide bonds. The Labute approximate surface area is 88.7 Å². The Morgan fingerprint density at radius 1 is 1.67 bits per heavy atom. The highest BCUT2D eigenvalue weighted by molar-refractivity contribution is 6.17. The number of aromatic carboxylic acids is 1.